The maximum absolute atomic E-state index is 12.7. The van der Waals surface area contributed by atoms with Crippen molar-refractivity contribution in [3.8, 4) is 0 Å². The Morgan fingerprint density at radius 3 is 2.72 bits per heavy atom. The number of nitrogens with zero attached hydrogens (tertiary/aromatic N) is 2. The smallest absolute Gasteiger partial charge is 0.248 e. The molecular weight excluding hydrogens is 352 g/mol. The van der Waals surface area contributed by atoms with E-state index in [0.717, 1.165) is 23.6 Å². The van der Waals surface area contributed by atoms with Crippen LogP contribution in [0.1, 0.15) is 29.5 Å². The SMILES string of the molecule is Cc1cc(C)c2c(c1)C1=NN(c3ccc(Cl)cc3)C(=O)CC1CCS2. The van der Waals surface area contributed by atoms with E-state index in [2.05, 4.69) is 26.0 Å². The summed E-state index contributed by atoms with van der Waals surface area (Å²) in [5, 5.41) is 7.01. The van der Waals surface area contributed by atoms with Crippen LogP contribution in [0.4, 0.5) is 5.69 Å². The third kappa shape index (κ3) is 3.09. The maximum atomic E-state index is 12.7. The van der Waals surface area contributed by atoms with E-state index in [1.165, 1.54) is 21.6 Å². The first-order valence-corrected chi connectivity index (χ1v) is 9.81. The van der Waals surface area contributed by atoms with Crippen LogP contribution in [0.5, 0.6) is 0 Å². The second-order valence-electron chi connectivity index (χ2n) is 6.66. The van der Waals surface area contributed by atoms with Gasteiger partial charge in [-0.2, -0.15) is 5.10 Å². The van der Waals surface area contributed by atoms with Crippen molar-refractivity contribution in [3.63, 3.8) is 0 Å². The van der Waals surface area contributed by atoms with Gasteiger partial charge < -0.3 is 0 Å². The van der Waals surface area contributed by atoms with Crippen LogP contribution in [0.2, 0.25) is 5.02 Å². The van der Waals surface area contributed by atoms with Gasteiger partial charge in [-0.1, -0.05) is 23.2 Å². The van der Waals surface area contributed by atoms with Crippen LogP contribution in [-0.4, -0.2) is 17.4 Å². The van der Waals surface area contributed by atoms with Crippen molar-refractivity contribution in [1.29, 1.82) is 0 Å². The van der Waals surface area contributed by atoms with E-state index in [1.54, 1.807) is 17.1 Å². The van der Waals surface area contributed by atoms with Gasteiger partial charge in [-0.15, -0.1) is 11.8 Å². The zero-order valence-corrected chi connectivity index (χ0v) is 15.8. The number of thioether (sulfide) groups is 1. The number of carbonyl (C=O) groups excluding carboxylic acids is 1. The summed E-state index contributed by atoms with van der Waals surface area (Å²) < 4.78 is 0. The summed E-state index contributed by atoms with van der Waals surface area (Å²) in [4.78, 5) is 14.0. The van der Waals surface area contributed by atoms with Crippen LogP contribution in [-0.2, 0) is 4.79 Å². The molecule has 3 nitrogen and oxygen atoms in total. The maximum Gasteiger partial charge on any atom is 0.248 e. The Bertz CT molecular complexity index is 876. The first kappa shape index (κ1) is 16.7. The molecule has 1 unspecified atom stereocenters. The van der Waals surface area contributed by atoms with Gasteiger partial charge in [-0.05, 0) is 61.9 Å². The predicted octanol–water partition coefficient (Wildman–Crippen LogP) is 5.21. The predicted molar refractivity (Wildman–Crippen MR) is 105 cm³/mol. The lowest BCUT2D eigenvalue weighted by Gasteiger charge is -2.29. The highest BCUT2D eigenvalue weighted by Crippen LogP contribution is 2.38. The Morgan fingerprint density at radius 1 is 1.20 bits per heavy atom. The van der Waals surface area contributed by atoms with Crippen LogP contribution in [0.3, 0.4) is 0 Å². The molecule has 5 heteroatoms. The second kappa shape index (κ2) is 6.50. The van der Waals surface area contributed by atoms with Gasteiger partial charge in [0.25, 0.3) is 0 Å². The summed E-state index contributed by atoms with van der Waals surface area (Å²) in [7, 11) is 0. The fourth-order valence-electron chi connectivity index (χ4n) is 3.58. The highest BCUT2D eigenvalue weighted by Gasteiger charge is 2.34. The van der Waals surface area contributed by atoms with Crippen LogP contribution < -0.4 is 5.01 Å². The molecule has 2 aliphatic heterocycles. The number of benzene rings is 2. The molecule has 0 saturated heterocycles. The lowest BCUT2D eigenvalue weighted by atomic mass is 9.88. The molecule has 0 fully saturated rings. The minimum atomic E-state index is 0.0499. The average Bonchev–Trinajstić information content (AvgIpc) is 2.74. The molecule has 0 radical (unpaired) electrons. The molecule has 4 rings (SSSR count). The second-order valence-corrected chi connectivity index (χ2v) is 8.21. The Kier molecular flexibility index (Phi) is 4.34. The summed E-state index contributed by atoms with van der Waals surface area (Å²) in [5.74, 6) is 1.27. The molecule has 0 N–H and O–H groups in total. The molecule has 0 saturated carbocycles. The lowest BCUT2D eigenvalue weighted by Crippen LogP contribution is -2.37. The van der Waals surface area contributed by atoms with Crippen molar-refractivity contribution in [1.82, 2.24) is 0 Å². The van der Waals surface area contributed by atoms with Crippen molar-refractivity contribution in [2.75, 3.05) is 10.8 Å². The number of rotatable bonds is 1. The fourth-order valence-corrected chi connectivity index (χ4v) is 4.91. The zero-order valence-electron chi connectivity index (χ0n) is 14.3. The van der Waals surface area contributed by atoms with Crippen molar-refractivity contribution in [3.05, 3.63) is 58.1 Å². The summed E-state index contributed by atoms with van der Waals surface area (Å²) >= 11 is 7.86. The van der Waals surface area contributed by atoms with Crippen molar-refractivity contribution in [2.45, 2.75) is 31.6 Å². The van der Waals surface area contributed by atoms with Gasteiger partial charge in [0.05, 0.1) is 11.4 Å². The molecule has 128 valence electrons. The Hall–Kier alpha value is -1.78. The van der Waals surface area contributed by atoms with E-state index >= 15 is 0 Å². The van der Waals surface area contributed by atoms with Crippen LogP contribution >= 0.6 is 23.4 Å². The van der Waals surface area contributed by atoms with E-state index in [9.17, 15) is 4.79 Å². The van der Waals surface area contributed by atoms with Crippen molar-refractivity contribution < 1.29 is 4.79 Å². The molecule has 0 aromatic heterocycles. The van der Waals surface area contributed by atoms with E-state index in [4.69, 9.17) is 16.7 Å². The number of anilines is 1. The van der Waals surface area contributed by atoms with Gasteiger partial charge in [-0.3, -0.25) is 4.79 Å². The number of halogens is 1. The standard InChI is InChI=1S/C20H19ClN2OS/c1-12-9-13(2)20-17(10-12)19-14(7-8-25-20)11-18(24)23(22-19)16-5-3-15(21)4-6-16/h3-6,9-10,14H,7-8,11H2,1-2H3. The summed E-state index contributed by atoms with van der Waals surface area (Å²) in [5.41, 5.74) is 5.52. The molecule has 0 bridgehead atoms. The zero-order chi connectivity index (χ0) is 17.6. The lowest BCUT2D eigenvalue weighted by molar-refractivity contribution is -0.119. The molecule has 1 amide bonds. The van der Waals surface area contributed by atoms with Gasteiger partial charge in [0.15, 0.2) is 0 Å². The number of hydrogen-bond acceptors (Lipinski definition) is 3. The van der Waals surface area contributed by atoms with Crippen LogP contribution in [0.25, 0.3) is 0 Å². The van der Waals surface area contributed by atoms with E-state index in [-0.39, 0.29) is 11.8 Å². The molecule has 0 aliphatic carbocycles. The van der Waals surface area contributed by atoms with Gasteiger partial charge in [0.1, 0.15) is 0 Å². The summed E-state index contributed by atoms with van der Waals surface area (Å²) in [6.07, 6.45) is 1.49. The topological polar surface area (TPSA) is 32.7 Å². The van der Waals surface area contributed by atoms with E-state index < -0.39 is 0 Å². The Labute approximate surface area is 157 Å². The third-order valence-electron chi connectivity index (χ3n) is 4.73. The fraction of sp³-hybridized carbons (Fsp3) is 0.300. The Morgan fingerprint density at radius 2 is 1.96 bits per heavy atom. The first-order valence-electron chi connectivity index (χ1n) is 8.44. The minimum absolute atomic E-state index is 0.0499. The molecule has 2 aromatic carbocycles. The van der Waals surface area contributed by atoms with Gasteiger partial charge in [-0.25, -0.2) is 5.01 Å². The number of hydrazone groups is 1. The first-order chi connectivity index (χ1) is 12.0. The summed E-state index contributed by atoms with van der Waals surface area (Å²) in [6.45, 7) is 4.27. The molecule has 0 spiro atoms. The largest absolute Gasteiger partial charge is 0.273 e. The van der Waals surface area contributed by atoms with Gasteiger partial charge in [0.2, 0.25) is 5.91 Å². The highest BCUT2D eigenvalue weighted by atomic mass is 35.5. The molecule has 1 atom stereocenters. The molecule has 2 aromatic rings. The monoisotopic (exact) mass is 370 g/mol. The van der Waals surface area contributed by atoms with Gasteiger partial charge >= 0.3 is 0 Å². The number of hydrogen-bond donors (Lipinski definition) is 0. The quantitative estimate of drug-likeness (QED) is 0.690. The van der Waals surface area contributed by atoms with Crippen LogP contribution in [0, 0.1) is 19.8 Å². The highest BCUT2D eigenvalue weighted by molar-refractivity contribution is 7.99. The van der Waals surface area contributed by atoms with E-state index in [0.29, 0.717) is 11.4 Å². The molecule has 2 aliphatic rings. The minimum Gasteiger partial charge on any atom is -0.273 e. The molecule has 25 heavy (non-hydrogen) atoms. The third-order valence-corrected chi connectivity index (χ3v) is 6.25. The van der Waals surface area contributed by atoms with Crippen LogP contribution in [0.15, 0.2) is 46.4 Å². The normalized spacial score (nSPS) is 19.8. The number of fused-ring (bicyclic) bond motifs is 3. The van der Waals surface area contributed by atoms with E-state index in [1.807, 2.05) is 23.9 Å². The molecule has 2 heterocycles. The van der Waals surface area contributed by atoms with Crippen molar-refractivity contribution >= 4 is 40.7 Å². The number of carbonyl (C=O) groups is 1. The van der Waals surface area contributed by atoms with Crippen molar-refractivity contribution in [2.24, 2.45) is 11.0 Å². The molecular formula is C20H19ClN2OS. The number of amides is 1. The number of aryl methyl sites for hydroxylation is 2. The Balaban J connectivity index is 1.85. The average molecular weight is 371 g/mol. The summed E-state index contributed by atoms with van der Waals surface area (Å²) in [6, 6.07) is 11.7. The van der Waals surface area contributed by atoms with Gasteiger partial charge in [0, 0.05) is 27.8 Å².